The number of hydrogen-bond acceptors (Lipinski definition) is 3. The van der Waals surface area contributed by atoms with E-state index in [0.717, 1.165) is 83.2 Å². The molecule has 328 valence electrons. The van der Waals surface area contributed by atoms with Crippen LogP contribution in [0.15, 0.2) is 134 Å². The molecule has 0 aliphatic heterocycles. The van der Waals surface area contributed by atoms with Crippen LogP contribution < -0.4 is 0 Å². The maximum Gasteiger partial charge on any atom is 0.148 e. The molecule has 0 aliphatic carbocycles. The van der Waals surface area contributed by atoms with Gasteiger partial charge in [-0.2, -0.15) is 0 Å². The fourth-order valence-corrected chi connectivity index (χ4v) is 9.10. The van der Waals surface area contributed by atoms with Crippen molar-refractivity contribution in [1.29, 1.82) is 0 Å². The topological polar surface area (TPSA) is 55.9 Å². The predicted molar refractivity (Wildman–Crippen MR) is 265 cm³/mol. The summed E-state index contributed by atoms with van der Waals surface area (Å²) in [4.78, 5) is 10.6. The Labute approximate surface area is 393 Å². The first-order valence-corrected chi connectivity index (χ1v) is 22.2. The molecule has 0 saturated carbocycles. The summed E-state index contributed by atoms with van der Waals surface area (Å²) in [6.07, 6.45) is 1.89. The van der Waals surface area contributed by atoms with E-state index >= 15 is 0 Å². The first-order chi connectivity index (χ1) is 29.7. The molecule has 1 N–H and O–H groups in total. The Kier molecular flexibility index (Phi) is 11.2. The average Bonchev–Trinajstić information content (AvgIpc) is 3.79. The predicted octanol–water partition coefficient (Wildman–Crippen LogP) is 15.3. The molecule has 0 radical (unpaired) electrons. The number of phenolic OH excluding ortho intramolecular Hbond substituents is 1. The van der Waals surface area contributed by atoms with Crippen LogP contribution >= 0.6 is 0 Å². The molecule has 0 atom stereocenters. The Morgan fingerprint density at radius 1 is 0.547 bits per heavy atom. The van der Waals surface area contributed by atoms with Gasteiger partial charge in [0.25, 0.3) is 0 Å². The van der Waals surface area contributed by atoms with Crippen molar-refractivity contribution in [2.75, 3.05) is 0 Å². The van der Waals surface area contributed by atoms with E-state index in [0.29, 0.717) is 11.4 Å². The molecule has 0 bridgehead atoms. The molecule has 0 amide bonds. The van der Waals surface area contributed by atoms with Crippen molar-refractivity contribution in [3.05, 3.63) is 156 Å². The zero-order valence-electron chi connectivity index (χ0n) is 39.3. The van der Waals surface area contributed by atoms with Gasteiger partial charge in [0.05, 0.1) is 22.3 Å². The number of rotatable bonds is 5. The Balaban J connectivity index is 0.00000560. The first kappa shape index (κ1) is 44.8. The largest absolute Gasteiger partial charge is 0.507 e. The van der Waals surface area contributed by atoms with Crippen LogP contribution in [-0.4, -0.2) is 24.2 Å². The number of imidazole rings is 1. The van der Waals surface area contributed by atoms with Gasteiger partial charge in [0, 0.05) is 55.1 Å². The van der Waals surface area contributed by atoms with E-state index in [-0.39, 0.29) is 48.6 Å². The summed E-state index contributed by atoms with van der Waals surface area (Å²) in [7, 11) is 0. The van der Waals surface area contributed by atoms with Crippen LogP contribution in [0, 0.1) is 6.07 Å². The van der Waals surface area contributed by atoms with Crippen LogP contribution in [0.1, 0.15) is 99.8 Å². The normalized spacial score (nSPS) is 12.6. The minimum atomic E-state index is -0.328. The number of phenols is 1. The second-order valence-electron chi connectivity index (χ2n) is 21.3. The van der Waals surface area contributed by atoms with Gasteiger partial charge in [0.15, 0.2) is 0 Å². The third-order valence-electron chi connectivity index (χ3n) is 12.5. The summed E-state index contributed by atoms with van der Waals surface area (Å²) in [5, 5.41) is 14.6. The summed E-state index contributed by atoms with van der Waals surface area (Å²) in [5.41, 5.74) is 14.3. The molecule has 6 aromatic carbocycles. The minimum absolute atomic E-state index is 0. The molecule has 0 spiro atoms. The van der Waals surface area contributed by atoms with E-state index in [1.165, 1.54) is 5.56 Å². The van der Waals surface area contributed by atoms with Gasteiger partial charge < -0.3 is 9.67 Å². The Morgan fingerprint density at radius 3 is 1.78 bits per heavy atom. The van der Waals surface area contributed by atoms with Crippen LogP contribution in [0.3, 0.4) is 0 Å². The van der Waals surface area contributed by atoms with Crippen LogP contribution in [0.2, 0.25) is 0 Å². The monoisotopic (exact) mass is 1020 g/mol. The van der Waals surface area contributed by atoms with Crippen molar-refractivity contribution in [2.45, 2.75) is 105 Å². The molecule has 64 heavy (non-hydrogen) atoms. The zero-order valence-corrected chi connectivity index (χ0v) is 41.5. The summed E-state index contributed by atoms with van der Waals surface area (Å²) < 4.78 is 4.72. The van der Waals surface area contributed by atoms with E-state index < -0.39 is 0 Å². The van der Waals surface area contributed by atoms with Gasteiger partial charge in [0.2, 0.25) is 0 Å². The molecule has 5 nitrogen and oxygen atoms in total. The standard InChI is InChI=1S/C58H59N4O.Pt/c1-55(2,3)40-24-26-47(42(33-40)37-21-17-14-18-22-37)61-50-28-27-49-51(52(50)60-54(61)44-34-41(56(4,5)6)35-45(53(44)63)57(7,8)9)43-31-39(23-25-48(43)62(49)58(10,11)12)46-32-38(29-30-59-46)36-19-15-13-16-20-36;/h13-30,32-35,63H,1-12H3;/q-1;. The van der Waals surface area contributed by atoms with Crippen molar-refractivity contribution >= 4 is 32.8 Å². The fourth-order valence-electron chi connectivity index (χ4n) is 9.10. The molecule has 0 aliphatic rings. The fraction of sp³-hybridized carbons (Fsp3) is 0.276. The molecule has 6 heteroatoms. The average molecular weight is 1020 g/mol. The van der Waals surface area contributed by atoms with Gasteiger partial charge in [-0.3, -0.25) is 9.55 Å². The summed E-state index contributed by atoms with van der Waals surface area (Å²) in [5.74, 6) is 0.948. The van der Waals surface area contributed by atoms with Gasteiger partial charge in [-0.05, 0) is 112 Å². The third-order valence-corrected chi connectivity index (χ3v) is 12.5. The molecular formula is C58H59N4OPt-. The van der Waals surface area contributed by atoms with Gasteiger partial charge in [-0.15, -0.1) is 18.2 Å². The van der Waals surface area contributed by atoms with E-state index in [9.17, 15) is 5.11 Å². The maximum absolute atomic E-state index is 12.6. The Bertz CT molecular complexity index is 3200. The minimum Gasteiger partial charge on any atom is -0.507 e. The van der Waals surface area contributed by atoms with Gasteiger partial charge in [0.1, 0.15) is 11.6 Å². The van der Waals surface area contributed by atoms with Gasteiger partial charge in [-0.25, -0.2) is 4.98 Å². The summed E-state index contributed by atoms with van der Waals surface area (Å²) in [6, 6.07) is 49.3. The third kappa shape index (κ3) is 7.91. The van der Waals surface area contributed by atoms with Gasteiger partial charge >= 0.3 is 0 Å². The summed E-state index contributed by atoms with van der Waals surface area (Å²) in [6.45, 7) is 26.8. The molecule has 0 saturated heterocycles. The van der Waals surface area contributed by atoms with E-state index in [1.807, 2.05) is 12.3 Å². The second kappa shape index (κ2) is 16.0. The number of hydrogen-bond donors (Lipinski definition) is 1. The number of nitrogens with zero attached hydrogens (tertiary/aromatic N) is 4. The van der Waals surface area contributed by atoms with Crippen molar-refractivity contribution in [2.24, 2.45) is 0 Å². The van der Waals surface area contributed by atoms with Crippen molar-refractivity contribution in [1.82, 2.24) is 19.1 Å². The number of aromatic hydroxyl groups is 1. The molecule has 0 unspecified atom stereocenters. The molecule has 3 aromatic heterocycles. The van der Waals surface area contributed by atoms with E-state index in [1.54, 1.807) is 0 Å². The van der Waals surface area contributed by atoms with Gasteiger partial charge in [-0.1, -0.05) is 152 Å². The van der Waals surface area contributed by atoms with E-state index in [4.69, 9.17) is 9.97 Å². The number of aromatic nitrogens is 4. The smallest absolute Gasteiger partial charge is 0.148 e. The molecule has 0 fully saturated rings. The number of fused-ring (bicyclic) bond motifs is 5. The zero-order chi connectivity index (χ0) is 44.8. The first-order valence-electron chi connectivity index (χ1n) is 22.2. The van der Waals surface area contributed by atoms with Crippen molar-refractivity contribution < 1.29 is 26.2 Å². The molecular weight excluding hydrogens is 964 g/mol. The van der Waals surface area contributed by atoms with Crippen LogP contribution in [0.4, 0.5) is 0 Å². The Hall–Kier alpha value is -5.77. The van der Waals surface area contributed by atoms with Crippen molar-refractivity contribution in [3.63, 3.8) is 0 Å². The molecule has 3 heterocycles. The molecule has 9 aromatic rings. The molecule has 9 rings (SSSR count). The summed E-state index contributed by atoms with van der Waals surface area (Å²) >= 11 is 0. The van der Waals surface area contributed by atoms with E-state index in [2.05, 4.69) is 220 Å². The van der Waals surface area contributed by atoms with Crippen LogP contribution in [0.25, 0.3) is 83.4 Å². The quantitative estimate of drug-likeness (QED) is 0.175. The SMILES string of the molecule is CC(C)(C)c1ccc(-n2c(-c3cc(C(C)(C)C)cc(C(C)(C)C)c3O)nc3c4c5[c-]c(-c6cc(-c7ccccc7)ccn6)ccc5n(C(C)(C)C)c4ccc32)c(-c2ccccc2)c1.[Pt]. The van der Waals surface area contributed by atoms with Crippen molar-refractivity contribution in [3.8, 4) is 56.3 Å². The number of benzene rings is 6. The number of pyridine rings is 1. The Morgan fingerprint density at radius 2 is 1.16 bits per heavy atom. The van der Waals surface area contributed by atoms with Crippen LogP contribution in [0.5, 0.6) is 5.75 Å². The second-order valence-corrected chi connectivity index (χ2v) is 21.3. The van der Waals surface area contributed by atoms with Crippen LogP contribution in [-0.2, 0) is 42.8 Å². The maximum atomic E-state index is 12.6.